The van der Waals surface area contributed by atoms with E-state index in [1.807, 2.05) is 30.3 Å². The summed E-state index contributed by atoms with van der Waals surface area (Å²) in [5.74, 6) is 1.43. The minimum Gasteiger partial charge on any atom is -0.387 e. The first-order valence-corrected chi connectivity index (χ1v) is 14.8. The third-order valence-corrected chi connectivity index (χ3v) is 9.06. The van der Waals surface area contributed by atoms with Crippen molar-refractivity contribution in [2.24, 2.45) is 11.8 Å². The predicted molar refractivity (Wildman–Crippen MR) is 157 cm³/mol. The summed E-state index contributed by atoms with van der Waals surface area (Å²) in [4.78, 5) is 13.2. The van der Waals surface area contributed by atoms with Gasteiger partial charge in [0.1, 0.15) is 11.3 Å². The number of fused-ring (bicyclic) bond motifs is 1. The highest BCUT2D eigenvalue weighted by Crippen LogP contribution is 2.38. The number of nitrogens with zero attached hydrogens (tertiary/aromatic N) is 6. The van der Waals surface area contributed by atoms with Gasteiger partial charge < -0.3 is 14.9 Å². The molecule has 6 rings (SSSR count). The van der Waals surface area contributed by atoms with Crippen LogP contribution in [0.15, 0.2) is 54.7 Å². The van der Waals surface area contributed by atoms with Gasteiger partial charge in [-0.15, -0.1) is 0 Å². The van der Waals surface area contributed by atoms with Gasteiger partial charge in [0.15, 0.2) is 11.3 Å². The molecule has 3 atom stereocenters. The third-order valence-electron chi connectivity index (χ3n) is 8.50. The lowest BCUT2D eigenvalue weighted by atomic mass is 9.80. The van der Waals surface area contributed by atoms with Crippen molar-refractivity contribution in [2.75, 3.05) is 37.6 Å². The Labute approximate surface area is 251 Å². The minimum absolute atomic E-state index is 0.0560. The minimum atomic E-state index is -4.69. The largest absolute Gasteiger partial charge is 0.437 e. The second kappa shape index (κ2) is 11.6. The molecule has 42 heavy (non-hydrogen) atoms. The van der Waals surface area contributed by atoms with E-state index in [4.69, 9.17) is 23.2 Å². The normalized spacial score (nSPS) is 20.1. The first-order valence-electron chi connectivity index (χ1n) is 14.1. The highest BCUT2D eigenvalue weighted by Gasteiger charge is 2.40. The molecule has 2 aliphatic heterocycles. The molecule has 1 N–H and O–H groups in total. The molecule has 4 heterocycles. The Morgan fingerprint density at radius 1 is 1.05 bits per heavy atom. The van der Waals surface area contributed by atoms with E-state index in [1.165, 1.54) is 10.9 Å². The Morgan fingerprint density at radius 2 is 1.81 bits per heavy atom. The van der Waals surface area contributed by atoms with Gasteiger partial charge in [-0.1, -0.05) is 59.6 Å². The molecule has 0 bridgehead atoms. The van der Waals surface area contributed by atoms with E-state index in [-0.39, 0.29) is 11.2 Å². The van der Waals surface area contributed by atoms with Crippen molar-refractivity contribution in [3.63, 3.8) is 0 Å². The van der Waals surface area contributed by atoms with Crippen molar-refractivity contribution in [3.8, 4) is 0 Å². The van der Waals surface area contributed by atoms with Gasteiger partial charge in [-0.2, -0.15) is 18.3 Å². The van der Waals surface area contributed by atoms with E-state index in [1.54, 1.807) is 25.1 Å². The monoisotopic (exact) mass is 618 g/mol. The molecule has 2 aromatic heterocycles. The number of hydrogen-bond acceptors (Lipinski definition) is 6. The van der Waals surface area contributed by atoms with Gasteiger partial charge in [0.2, 0.25) is 0 Å². The van der Waals surface area contributed by atoms with Gasteiger partial charge >= 0.3 is 6.18 Å². The van der Waals surface area contributed by atoms with Crippen LogP contribution in [0, 0.1) is 11.8 Å². The summed E-state index contributed by atoms with van der Waals surface area (Å²) in [6, 6.07) is 13.9. The summed E-state index contributed by atoms with van der Waals surface area (Å²) in [5, 5.41) is 15.4. The second-order valence-electron chi connectivity index (χ2n) is 11.3. The van der Waals surface area contributed by atoms with Crippen LogP contribution in [0.4, 0.5) is 19.0 Å². The SMILES string of the molecule is C[C@H](c1ccc(Cl)cc1Cl)n1nc(C(F)(F)F)c2ncc(N3CC([C@H]4CCCN(CC(O)c5ccccc5)C4)C3)nc21. The highest BCUT2D eigenvalue weighted by atomic mass is 35.5. The summed E-state index contributed by atoms with van der Waals surface area (Å²) < 4.78 is 43.0. The molecule has 0 amide bonds. The lowest BCUT2D eigenvalue weighted by molar-refractivity contribution is -0.140. The number of aromatic nitrogens is 4. The first-order chi connectivity index (χ1) is 20.1. The molecule has 1 unspecified atom stereocenters. The van der Waals surface area contributed by atoms with E-state index in [0.717, 1.165) is 44.6 Å². The number of alkyl halides is 3. The average Bonchev–Trinajstić information content (AvgIpc) is 3.32. The van der Waals surface area contributed by atoms with Crippen molar-refractivity contribution in [1.29, 1.82) is 0 Å². The summed E-state index contributed by atoms with van der Waals surface area (Å²) in [5.41, 5.74) is 0.189. The fraction of sp³-hybridized carbons (Fsp3) is 0.433. The number of rotatable bonds is 7. The molecule has 2 saturated heterocycles. The van der Waals surface area contributed by atoms with Crippen LogP contribution in [0.3, 0.4) is 0 Å². The van der Waals surface area contributed by atoms with E-state index in [2.05, 4.69) is 24.9 Å². The number of anilines is 1. The number of β-amino-alcohol motifs (C(OH)–C–C–N with tert-alkyl or cyclic N) is 1. The van der Waals surface area contributed by atoms with Crippen LogP contribution in [-0.4, -0.2) is 62.5 Å². The predicted octanol–water partition coefficient (Wildman–Crippen LogP) is 6.64. The second-order valence-corrected chi connectivity index (χ2v) is 12.1. The van der Waals surface area contributed by atoms with Gasteiger partial charge in [-0.25, -0.2) is 14.6 Å². The Balaban J connectivity index is 1.18. The topological polar surface area (TPSA) is 70.3 Å². The summed E-state index contributed by atoms with van der Waals surface area (Å²) in [6.07, 6.45) is -1.63. The molecule has 0 saturated carbocycles. The quantitative estimate of drug-likeness (QED) is 0.250. The van der Waals surface area contributed by atoms with E-state index in [0.29, 0.717) is 39.8 Å². The zero-order valence-electron chi connectivity index (χ0n) is 23.0. The molecule has 222 valence electrons. The van der Waals surface area contributed by atoms with Crippen LogP contribution in [0.25, 0.3) is 11.2 Å². The van der Waals surface area contributed by atoms with Crippen molar-refractivity contribution in [3.05, 3.63) is 81.6 Å². The van der Waals surface area contributed by atoms with E-state index < -0.39 is 24.0 Å². The molecular formula is C30H31Cl2F3N6O. The van der Waals surface area contributed by atoms with Crippen LogP contribution in [0.1, 0.15) is 48.7 Å². The lowest BCUT2D eigenvalue weighted by Crippen LogP contribution is -2.54. The molecule has 2 aliphatic rings. The van der Waals surface area contributed by atoms with Crippen molar-refractivity contribution < 1.29 is 18.3 Å². The van der Waals surface area contributed by atoms with Gasteiger partial charge in [0.25, 0.3) is 0 Å². The number of benzene rings is 2. The van der Waals surface area contributed by atoms with Crippen LogP contribution < -0.4 is 4.90 Å². The van der Waals surface area contributed by atoms with Crippen LogP contribution in [0.2, 0.25) is 10.0 Å². The molecule has 0 radical (unpaired) electrons. The molecule has 7 nitrogen and oxygen atoms in total. The fourth-order valence-electron chi connectivity index (χ4n) is 6.15. The van der Waals surface area contributed by atoms with Crippen LogP contribution in [-0.2, 0) is 6.18 Å². The summed E-state index contributed by atoms with van der Waals surface area (Å²) in [7, 11) is 0. The fourth-order valence-corrected chi connectivity index (χ4v) is 6.72. The number of piperidine rings is 1. The zero-order valence-corrected chi connectivity index (χ0v) is 24.5. The Bertz CT molecular complexity index is 1560. The van der Waals surface area contributed by atoms with Crippen molar-refractivity contribution >= 4 is 40.2 Å². The van der Waals surface area contributed by atoms with Crippen molar-refractivity contribution in [1.82, 2.24) is 24.6 Å². The zero-order chi connectivity index (χ0) is 29.6. The molecular weight excluding hydrogens is 588 g/mol. The number of likely N-dealkylation sites (tertiary alicyclic amines) is 1. The average molecular weight is 620 g/mol. The Kier molecular flexibility index (Phi) is 8.08. The molecule has 0 spiro atoms. The van der Waals surface area contributed by atoms with Gasteiger partial charge in [-0.05, 0) is 61.4 Å². The molecule has 4 aromatic rings. The molecule has 2 fully saturated rings. The standard InChI is InChI=1S/C30H31Cl2F3N6O/c1-18(23-10-9-22(31)12-24(23)32)41-29-27(28(38-41)30(33,34)35)36-13-26(37-29)40-15-21(16-40)20-8-5-11-39(14-20)17-25(42)19-6-3-2-4-7-19/h2-4,6-7,9-10,12-13,18,20-21,25,42H,5,8,11,14-17H2,1H3/t18-,20+,25?/m1/s1. The first kappa shape index (κ1) is 29.2. The summed E-state index contributed by atoms with van der Waals surface area (Å²) >= 11 is 12.4. The van der Waals surface area contributed by atoms with E-state index >= 15 is 0 Å². The molecule has 12 heteroatoms. The summed E-state index contributed by atoms with van der Waals surface area (Å²) in [6.45, 7) is 5.69. The molecule has 2 aromatic carbocycles. The maximum atomic E-state index is 13.9. The van der Waals surface area contributed by atoms with Gasteiger partial charge in [0.05, 0.1) is 18.3 Å². The maximum Gasteiger partial charge on any atom is 0.437 e. The lowest BCUT2D eigenvalue weighted by Gasteiger charge is -2.47. The van der Waals surface area contributed by atoms with Gasteiger partial charge in [0, 0.05) is 36.2 Å². The highest BCUT2D eigenvalue weighted by molar-refractivity contribution is 6.35. The van der Waals surface area contributed by atoms with Crippen LogP contribution >= 0.6 is 23.2 Å². The smallest absolute Gasteiger partial charge is 0.387 e. The van der Waals surface area contributed by atoms with E-state index in [9.17, 15) is 18.3 Å². The third kappa shape index (κ3) is 5.82. The van der Waals surface area contributed by atoms with Gasteiger partial charge in [-0.3, -0.25) is 0 Å². The maximum absolute atomic E-state index is 13.9. The number of hydrogen-bond donors (Lipinski definition) is 1. The Hall–Kier alpha value is -2.92. The Morgan fingerprint density at radius 3 is 2.52 bits per heavy atom. The number of aliphatic hydroxyl groups excluding tert-OH is 1. The van der Waals surface area contributed by atoms with Crippen molar-refractivity contribution in [2.45, 2.75) is 38.1 Å². The number of halogens is 5. The molecule has 0 aliphatic carbocycles. The van der Waals surface area contributed by atoms with Crippen LogP contribution in [0.5, 0.6) is 0 Å². The number of aliphatic hydroxyl groups is 1.